The second-order valence-corrected chi connectivity index (χ2v) is 5.41. The number of benzene rings is 1. The molecule has 0 aliphatic heterocycles. The Kier molecular flexibility index (Phi) is 5.02. The summed E-state index contributed by atoms with van der Waals surface area (Å²) in [5, 5.41) is 8.09. The van der Waals surface area contributed by atoms with Gasteiger partial charge in [0.2, 0.25) is 0 Å². The lowest BCUT2D eigenvalue weighted by Crippen LogP contribution is -2.13. The van der Waals surface area contributed by atoms with Gasteiger partial charge in [0.1, 0.15) is 5.82 Å². The van der Waals surface area contributed by atoms with Crippen molar-refractivity contribution in [3.63, 3.8) is 0 Å². The van der Waals surface area contributed by atoms with Crippen molar-refractivity contribution in [2.24, 2.45) is 7.05 Å². The van der Waals surface area contributed by atoms with Gasteiger partial charge in [0.15, 0.2) is 0 Å². The summed E-state index contributed by atoms with van der Waals surface area (Å²) in [7, 11) is 1.83. The molecule has 3 nitrogen and oxygen atoms in total. The van der Waals surface area contributed by atoms with Gasteiger partial charge in [-0.1, -0.05) is 30.1 Å². The molecule has 2 aromatic rings. The topological polar surface area (TPSA) is 29.9 Å². The zero-order chi connectivity index (χ0) is 14.7. The van der Waals surface area contributed by atoms with Gasteiger partial charge in [-0.15, -0.1) is 0 Å². The van der Waals surface area contributed by atoms with E-state index in [9.17, 15) is 4.39 Å². The van der Waals surface area contributed by atoms with E-state index in [0.717, 1.165) is 18.5 Å². The van der Waals surface area contributed by atoms with Crippen molar-refractivity contribution in [3.05, 3.63) is 39.8 Å². The maximum atomic E-state index is 13.6. The normalized spacial score (nSPS) is 11.1. The number of hydrogen-bond donors (Lipinski definition) is 1. The van der Waals surface area contributed by atoms with Gasteiger partial charge in [0.25, 0.3) is 0 Å². The van der Waals surface area contributed by atoms with Crippen molar-refractivity contribution >= 4 is 23.2 Å². The van der Waals surface area contributed by atoms with Crippen LogP contribution in [0.3, 0.4) is 0 Å². The van der Waals surface area contributed by atoms with Gasteiger partial charge in [-0.05, 0) is 25.1 Å². The Morgan fingerprint density at radius 2 is 2.05 bits per heavy atom. The Labute approximate surface area is 127 Å². The maximum absolute atomic E-state index is 13.6. The summed E-state index contributed by atoms with van der Waals surface area (Å²) in [5.41, 5.74) is 2.21. The number of aryl methyl sites for hydroxylation is 1. The molecule has 0 saturated carbocycles. The summed E-state index contributed by atoms with van der Waals surface area (Å²) in [4.78, 5) is 0. The van der Waals surface area contributed by atoms with Crippen molar-refractivity contribution in [1.82, 2.24) is 15.1 Å². The minimum Gasteiger partial charge on any atom is -0.313 e. The Morgan fingerprint density at radius 3 is 2.75 bits per heavy atom. The van der Waals surface area contributed by atoms with Gasteiger partial charge in [-0.2, -0.15) is 5.10 Å². The molecule has 0 aliphatic rings. The SMILES string of the molecule is CCCNCc1cn(C)nc1-c1cc(F)c(Cl)cc1Cl. The maximum Gasteiger partial charge on any atom is 0.142 e. The molecule has 1 aromatic carbocycles. The predicted molar refractivity (Wildman–Crippen MR) is 80.6 cm³/mol. The Morgan fingerprint density at radius 1 is 1.30 bits per heavy atom. The van der Waals surface area contributed by atoms with Gasteiger partial charge in [0, 0.05) is 30.9 Å². The first-order chi connectivity index (χ1) is 9.52. The molecule has 0 atom stereocenters. The second-order valence-electron chi connectivity index (χ2n) is 4.60. The summed E-state index contributed by atoms with van der Waals surface area (Å²) in [6.07, 6.45) is 2.95. The quantitative estimate of drug-likeness (QED) is 0.667. The smallest absolute Gasteiger partial charge is 0.142 e. The van der Waals surface area contributed by atoms with Crippen LogP contribution in [0.2, 0.25) is 10.0 Å². The molecule has 1 heterocycles. The fourth-order valence-corrected chi connectivity index (χ4v) is 2.47. The van der Waals surface area contributed by atoms with Crippen molar-refractivity contribution in [3.8, 4) is 11.3 Å². The molecule has 0 saturated heterocycles. The third-order valence-corrected chi connectivity index (χ3v) is 3.51. The fraction of sp³-hybridized carbons (Fsp3) is 0.357. The Hall–Kier alpha value is -1.10. The molecule has 0 fully saturated rings. The zero-order valence-corrected chi connectivity index (χ0v) is 12.9. The summed E-state index contributed by atoms with van der Waals surface area (Å²) >= 11 is 11.9. The first kappa shape index (κ1) is 15.3. The molecule has 0 bridgehead atoms. The molecule has 0 radical (unpaired) electrons. The van der Waals surface area contributed by atoms with E-state index < -0.39 is 5.82 Å². The van der Waals surface area contributed by atoms with E-state index in [1.165, 1.54) is 12.1 Å². The van der Waals surface area contributed by atoms with Crippen LogP contribution in [0.15, 0.2) is 18.3 Å². The molecule has 0 spiro atoms. The number of halogens is 3. The molecule has 20 heavy (non-hydrogen) atoms. The highest BCUT2D eigenvalue weighted by Crippen LogP contribution is 2.33. The molecule has 0 amide bonds. The van der Waals surface area contributed by atoms with Crippen LogP contribution in [0.25, 0.3) is 11.3 Å². The zero-order valence-electron chi connectivity index (χ0n) is 11.4. The number of nitrogens with zero attached hydrogens (tertiary/aromatic N) is 2. The van der Waals surface area contributed by atoms with Crippen LogP contribution >= 0.6 is 23.2 Å². The lowest BCUT2D eigenvalue weighted by atomic mass is 10.1. The van der Waals surface area contributed by atoms with E-state index in [4.69, 9.17) is 23.2 Å². The molecule has 6 heteroatoms. The minimum absolute atomic E-state index is 0.0142. The number of aromatic nitrogens is 2. The molecule has 1 N–H and O–H groups in total. The van der Waals surface area contributed by atoms with Crippen molar-refractivity contribution < 1.29 is 4.39 Å². The highest BCUT2D eigenvalue weighted by Gasteiger charge is 2.15. The molecule has 108 valence electrons. The first-order valence-corrected chi connectivity index (χ1v) is 7.16. The van der Waals surface area contributed by atoms with Crippen LogP contribution in [0, 0.1) is 5.82 Å². The fourth-order valence-electron chi connectivity index (χ4n) is 2.00. The van der Waals surface area contributed by atoms with Gasteiger partial charge in [-0.25, -0.2) is 4.39 Å². The molecule has 0 unspecified atom stereocenters. The summed E-state index contributed by atoms with van der Waals surface area (Å²) in [6.45, 7) is 3.68. The van der Waals surface area contributed by atoms with Gasteiger partial charge >= 0.3 is 0 Å². The monoisotopic (exact) mass is 315 g/mol. The molecule has 1 aromatic heterocycles. The van der Waals surface area contributed by atoms with Crippen molar-refractivity contribution in [2.75, 3.05) is 6.54 Å². The lowest BCUT2D eigenvalue weighted by Gasteiger charge is -2.07. The number of rotatable bonds is 5. The van der Waals surface area contributed by atoms with Crippen LogP contribution in [0.4, 0.5) is 4.39 Å². The predicted octanol–water partition coefficient (Wildman–Crippen LogP) is 4.03. The molecular formula is C14H16Cl2FN3. The van der Waals surface area contributed by atoms with E-state index in [1.807, 2.05) is 13.2 Å². The minimum atomic E-state index is -0.496. The van der Waals surface area contributed by atoms with Crippen molar-refractivity contribution in [1.29, 1.82) is 0 Å². The third kappa shape index (κ3) is 3.32. The number of hydrogen-bond acceptors (Lipinski definition) is 2. The van der Waals surface area contributed by atoms with Crippen molar-refractivity contribution in [2.45, 2.75) is 19.9 Å². The molecular weight excluding hydrogens is 300 g/mol. The van der Waals surface area contributed by atoms with Gasteiger partial charge < -0.3 is 5.32 Å². The lowest BCUT2D eigenvalue weighted by molar-refractivity contribution is 0.628. The number of nitrogens with one attached hydrogen (secondary N) is 1. The largest absolute Gasteiger partial charge is 0.313 e. The van der Waals surface area contributed by atoms with Crippen LogP contribution in [-0.2, 0) is 13.6 Å². The molecule has 2 rings (SSSR count). The molecule has 0 aliphatic carbocycles. The standard InChI is InChI=1S/C14H16Cl2FN3/c1-3-4-18-7-9-8-20(2)19-14(9)10-5-13(17)12(16)6-11(10)15/h5-6,8,18H,3-4,7H2,1-2H3. The average Bonchev–Trinajstić information content (AvgIpc) is 2.75. The van der Waals surface area contributed by atoms with E-state index in [2.05, 4.69) is 17.3 Å². The summed E-state index contributed by atoms with van der Waals surface area (Å²) in [5.74, 6) is -0.496. The Balaban J connectivity index is 2.39. The average molecular weight is 316 g/mol. The highest BCUT2D eigenvalue weighted by molar-refractivity contribution is 6.36. The summed E-state index contributed by atoms with van der Waals surface area (Å²) in [6, 6.07) is 2.74. The van der Waals surface area contributed by atoms with E-state index in [1.54, 1.807) is 4.68 Å². The highest BCUT2D eigenvalue weighted by atomic mass is 35.5. The van der Waals surface area contributed by atoms with Crippen LogP contribution < -0.4 is 5.32 Å². The third-order valence-electron chi connectivity index (χ3n) is 2.91. The van der Waals surface area contributed by atoms with Crippen LogP contribution in [0.1, 0.15) is 18.9 Å². The Bertz CT molecular complexity index is 611. The van der Waals surface area contributed by atoms with Crippen LogP contribution in [0.5, 0.6) is 0 Å². The first-order valence-electron chi connectivity index (χ1n) is 6.41. The van der Waals surface area contributed by atoms with Gasteiger partial charge in [0.05, 0.1) is 15.7 Å². The van der Waals surface area contributed by atoms with E-state index in [0.29, 0.717) is 22.8 Å². The van der Waals surface area contributed by atoms with Gasteiger partial charge in [-0.3, -0.25) is 4.68 Å². The summed E-state index contributed by atoms with van der Waals surface area (Å²) < 4.78 is 15.3. The van der Waals surface area contributed by atoms with Crippen LogP contribution in [-0.4, -0.2) is 16.3 Å². The van der Waals surface area contributed by atoms with E-state index >= 15 is 0 Å². The van der Waals surface area contributed by atoms with E-state index in [-0.39, 0.29) is 5.02 Å². The second kappa shape index (κ2) is 6.57.